The van der Waals surface area contributed by atoms with Crippen LogP contribution in [0.1, 0.15) is 155 Å². The van der Waals surface area contributed by atoms with E-state index in [0.717, 1.165) is 6.42 Å². The summed E-state index contributed by atoms with van der Waals surface area (Å²) in [6, 6.07) is 0. The second-order valence-electron chi connectivity index (χ2n) is 8.60. The number of halogens is 2. The summed E-state index contributed by atoms with van der Waals surface area (Å²) in [5, 5.41) is 0. The number of unbranched alkanes of at least 4 members (excludes halogenated alkanes) is 21. The van der Waals surface area contributed by atoms with Crippen molar-refractivity contribution in [3.63, 3.8) is 0 Å². The van der Waals surface area contributed by atoms with Crippen LogP contribution in [0.2, 0.25) is 0 Å². The molecule has 0 fully saturated rings. The highest BCUT2D eigenvalue weighted by Crippen LogP contribution is 2.16. The number of hydrogen-bond acceptors (Lipinski definition) is 0. The quantitative estimate of drug-likeness (QED) is 0.114. The second-order valence-corrected chi connectivity index (χ2v) is 9.88. The van der Waals surface area contributed by atoms with Crippen molar-refractivity contribution in [3.05, 3.63) is 0 Å². The minimum atomic E-state index is -0.157. The first-order valence-corrected chi connectivity index (χ1v) is 13.4. The normalized spacial score (nSPS) is 11.6. The second kappa shape index (κ2) is 24.6. The number of hydrogen-bond donors (Lipinski definition) is 0. The monoisotopic (exact) mass is 420 g/mol. The van der Waals surface area contributed by atoms with E-state index in [1.807, 2.05) is 0 Å². The van der Waals surface area contributed by atoms with Gasteiger partial charge < -0.3 is 0 Å². The number of alkyl halides is 2. The molecule has 0 aromatic rings. The average Bonchev–Trinajstić information content (AvgIpc) is 2.65. The fourth-order valence-electron chi connectivity index (χ4n) is 3.91. The molecule has 2 heteroatoms. The molecular weight excluding hydrogens is 371 g/mol. The van der Waals surface area contributed by atoms with E-state index >= 15 is 0 Å². The van der Waals surface area contributed by atoms with Gasteiger partial charge in [0.25, 0.3) is 0 Å². The fourth-order valence-corrected chi connectivity index (χ4v) is 4.22. The van der Waals surface area contributed by atoms with E-state index in [4.69, 9.17) is 23.2 Å². The first-order valence-electron chi connectivity index (χ1n) is 12.6. The highest BCUT2D eigenvalue weighted by molar-refractivity contribution is 6.44. The molecule has 0 aromatic heterocycles. The van der Waals surface area contributed by atoms with E-state index in [0.29, 0.717) is 0 Å². The first-order chi connectivity index (χ1) is 13.3. The summed E-state index contributed by atoms with van der Waals surface area (Å²) in [6.07, 6.45) is 32.4. The van der Waals surface area contributed by atoms with Gasteiger partial charge in [0.1, 0.15) is 4.84 Å². The molecule has 164 valence electrons. The van der Waals surface area contributed by atoms with Crippen LogP contribution in [0.3, 0.4) is 0 Å². The zero-order chi connectivity index (χ0) is 19.8. The van der Waals surface area contributed by atoms with E-state index in [1.165, 1.54) is 141 Å². The predicted molar refractivity (Wildman–Crippen MR) is 127 cm³/mol. The third-order valence-corrected chi connectivity index (χ3v) is 6.21. The molecule has 0 radical (unpaired) electrons. The van der Waals surface area contributed by atoms with Crippen LogP contribution in [0, 0.1) is 0 Å². The minimum Gasteiger partial charge on any atom is -0.105 e. The summed E-state index contributed by atoms with van der Waals surface area (Å²) in [7, 11) is 0. The maximum absolute atomic E-state index is 5.74. The van der Waals surface area contributed by atoms with Gasteiger partial charge >= 0.3 is 0 Å². The Bertz CT molecular complexity index is 253. The maximum Gasteiger partial charge on any atom is 0.107 e. The molecule has 0 heterocycles. The van der Waals surface area contributed by atoms with Crippen LogP contribution >= 0.6 is 23.2 Å². The Kier molecular flexibility index (Phi) is 25.1. The van der Waals surface area contributed by atoms with E-state index in [9.17, 15) is 0 Å². The van der Waals surface area contributed by atoms with Gasteiger partial charge in [-0.1, -0.05) is 148 Å². The molecule has 0 aliphatic heterocycles. The molecule has 0 bridgehead atoms. The van der Waals surface area contributed by atoms with Crippen LogP contribution in [-0.2, 0) is 0 Å². The standard InChI is InChI=1S/C25H50Cl2/c1-2-3-4-5-6-7-8-9-10-11-12-13-14-15-16-17-18-19-20-21-22-23-24-25(26)27/h25H,2-24H2,1H3. The zero-order valence-electron chi connectivity index (χ0n) is 18.6. The van der Waals surface area contributed by atoms with Gasteiger partial charge in [0.15, 0.2) is 0 Å². The van der Waals surface area contributed by atoms with Gasteiger partial charge in [-0.3, -0.25) is 0 Å². The van der Waals surface area contributed by atoms with Crippen molar-refractivity contribution in [1.29, 1.82) is 0 Å². The lowest BCUT2D eigenvalue weighted by atomic mass is 10.0. The molecule has 0 saturated carbocycles. The summed E-state index contributed by atoms with van der Waals surface area (Å²) in [4.78, 5) is -0.157. The van der Waals surface area contributed by atoms with E-state index in [1.54, 1.807) is 0 Å². The van der Waals surface area contributed by atoms with Crippen LogP contribution in [0.25, 0.3) is 0 Å². The van der Waals surface area contributed by atoms with Gasteiger partial charge in [0, 0.05) is 0 Å². The Balaban J connectivity index is 2.97. The van der Waals surface area contributed by atoms with Crippen molar-refractivity contribution in [1.82, 2.24) is 0 Å². The third-order valence-electron chi connectivity index (χ3n) is 5.78. The zero-order valence-corrected chi connectivity index (χ0v) is 20.1. The average molecular weight is 422 g/mol. The molecule has 0 saturated heterocycles. The van der Waals surface area contributed by atoms with Gasteiger partial charge in [0.05, 0.1) is 0 Å². The topological polar surface area (TPSA) is 0 Å². The van der Waals surface area contributed by atoms with Crippen molar-refractivity contribution in [2.45, 2.75) is 159 Å². The number of rotatable bonds is 23. The molecule has 0 rings (SSSR count). The first kappa shape index (κ1) is 27.6. The lowest BCUT2D eigenvalue weighted by molar-refractivity contribution is 0.518. The molecule has 0 atom stereocenters. The molecule has 0 unspecified atom stereocenters. The third kappa shape index (κ3) is 26.6. The van der Waals surface area contributed by atoms with Crippen LogP contribution in [0.4, 0.5) is 0 Å². The molecule has 0 nitrogen and oxygen atoms in total. The Morgan fingerprint density at radius 2 is 0.593 bits per heavy atom. The molecule has 0 spiro atoms. The van der Waals surface area contributed by atoms with Crippen LogP contribution in [-0.4, -0.2) is 4.84 Å². The highest BCUT2D eigenvalue weighted by atomic mass is 35.5. The Hall–Kier alpha value is 0.580. The van der Waals surface area contributed by atoms with Crippen molar-refractivity contribution < 1.29 is 0 Å². The molecule has 27 heavy (non-hydrogen) atoms. The lowest BCUT2D eigenvalue weighted by Crippen LogP contribution is -1.87. The van der Waals surface area contributed by atoms with E-state index in [2.05, 4.69) is 6.92 Å². The van der Waals surface area contributed by atoms with Crippen molar-refractivity contribution in [2.75, 3.05) is 0 Å². The lowest BCUT2D eigenvalue weighted by Gasteiger charge is -2.04. The largest absolute Gasteiger partial charge is 0.107 e. The van der Waals surface area contributed by atoms with Gasteiger partial charge in [-0.05, 0) is 6.42 Å². The molecule has 0 aromatic carbocycles. The molecular formula is C25H50Cl2. The summed E-state index contributed by atoms with van der Waals surface area (Å²) in [5.41, 5.74) is 0. The summed E-state index contributed by atoms with van der Waals surface area (Å²) < 4.78 is 0. The van der Waals surface area contributed by atoms with Crippen LogP contribution in [0.5, 0.6) is 0 Å². The minimum absolute atomic E-state index is 0.157. The Morgan fingerprint density at radius 3 is 0.815 bits per heavy atom. The molecule has 0 aliphatic carbocycles. The molecule has 0 amide bonds. The summed E-state index contributed by atoms with van der Waals surface area (Å²) >= 11 is 11.5. The van der Waals surface area contributed by atoms with Crippen LogP contribution < -0.4 is 0 Å². The highest BCUT2D eigenvalue weighted by Gasteiger charge is 1.98. The predicted octanol–water partition coefficient (Wildman–Crippen LogP) is 10.8. The SMILES string of the molecule is CCCCCCCCCCCCCCCCCCCCCCCCC(Cl)Cl. The molecule has 0 aliphatic rings. The van der Waals surface area contributed by atoms with E-state index < -0.39 is 0 Å². The van der Waals surface area contributed by atoms with E-state index in [-0.39, 0.29) is 4.84 Å². The summed E-state index contributed by atoms with van der Waals surface area (Å²) in [5.74, 6) is 0. The van der Waals surface area contributed by atoms with Gasteiger partial charge in [-0.2, -0.15) is 0 Å². The van der Waals surface area contributed by atoms with Gasteiger partial charge in [-0.15, -0.1) is 23.2 Å². The molecule has 0 N–H and O–H groups in total. The smallest absolute Gasteiger partial charge is 0.105 e. The maximum atomic E-state index is 5.74. The summed E-state index contributed by atoms with van der Waals surface area (Å²) in [6.45, 7) is 2.30. The van der Waals surface area contributed by atoms with Crippen molar-refractivity contribution in [3.8, 4) is 0 Å². The fraction of sp³-hybridized carbons (Fsp3) is 1.00. The van der Waals surface area contributed by atoms with Crippen LogP contribution in [0.15, 0.2) is 0 Å². The van der Waals surface area contributed by atoms with Crippen molar-refractivity contribution in [2.24, 2.45) is 0 Å². The van der Waals surface area contributed by atoms with Gasteiger partial charge in [-0.25, -0.2) is 0 Å². The Morgan fingerprint density at radius 1 is 0.370 bits per heavy atom. The Labute approximate surface area is 182 Å². The van der Waals surface area contributed by atoms with Gasteiger partial charge in [0.2, 0.25) is 0 Å². The van der Waals surface area contributed by atoms with Crippen molar-refractivity contribution >= 4 is 23.2 Å².